The van der Waals surface area contributed by atoms with Crippen molar-refractivity contribution in [3.8, 4) is 0 Å². The molecule has 120 valence electrons. The smallest absolute Gasteiger partial charge is 0.326 e. The number of carbonyl (C=O) groups excluding carboxylic acids is 2. The Hall–Kier alpha value is -2.44. The summed E-state index contributed by atoms with van der Waals surface area (Å²) >= 11 is 0. The largest absolute Gasteiger partial charge is 0.480 e. The van der Waals surface area contributed by atoms with Crippen molar-refractivity contribution in [3.63, 3.8) is 0 Å². The van der Waals surface area contributed by atoms with Gasteiger partial charge in [-0.2, -0.15) is 0 Å². The van der Waals surface area contributed by atoms with Crippen molar-refractivity contribution < 1.29 is 28.6 Å². The maximum Gasteiger partial charge on any atom is 0.326 e. The second kappa shape index (κ2) is 8.11. The van der Waals surface area contributed by atoms with Crippen LogP contribution in [0, 0.1) is 11.7 Å². The van der Waals surface area contributed by atoms with Crippen LogP contribution in [0.1, 0.15) is 30.6 Å². The third kappa shape index (κ3) is 4.83. The van der Waals surface area contributed by atoms with Gasteiger partial charge in [0.25, 0.3) is 5.91 Å². The second-order valence-electron chi connectivity index (χ2n) is 4.76. The molecule has 0 aliphatic carbocycles. The number of carboxylic acids is 1. The maximum atomic E-state index is 13.5. The van der Waals surface area contributed by atoms with E-state index >= 15 is 0 Å². The third-order valence-corrected chi connectivity index (χ3v) is 3.03. The molecule has 1 aromatic carbocycles. The Bertz CT molecular complexity index is 561. The predicted molar refractivity (Wildman–Crippen MR) is 75.7 cm³/mol. The number of hydrogen-bond donors (Lipinski definition) is 2. The van der Waals surface area contributed by atoms with Crippen LogP contribution in [0.15, 0.2) is 24.3 Å². The summed E-state index contributed by atoms with van der Waals surface area (Å²) in [6.07, 6.45) is -0.164. The zero-order valence-electron chi connectivity index (χ0n) is 12.3. The van der Waals surface area contributed by atoms with Gasteiger partial charge < -0.3 is 15.2 Å². The summed E-state index contributed by atoms with van der Waals surface area (Å²) < 4.78 is 18.3. The van der Waals surface area contributed by atoms with E-state index in [9.17, 15) is 23.9 Å². The number of benzene rings is 1. The number of rotatable bonds is 7. The van der Waals surface area contributed by atoms with Gasteiger partial charge in [-0.05, 0) is 25.0 Å². The molecule has 0 saturated heterocycles. The average molecular weight is 311 g/mol. The molecule has 2 atom stereocenters. The van der Waals surface area contributed by atoms with Crippen LogP contribution >= 0.6 is 0 Å². The van der Waals surface area contributed by atoms with Gasteiger partial charge in [-0.25, -0.2) is 9.18 Å². The van der Waals surface area contributed by atoms with Gasteiger partial charge in [0.05, 0.1) is 18.6 Å². The normalized spacial score (nSPS) is 13.0. The summed E-state index contributed by atoms with van der Waals surface area (Å²) in [5.74, 6) is -4.15. The van der Waals surface area contributed by atoms with E-state index in [1.165, 1.54) is 25.1 Å². The van der Waals surface area contributed by atoms with E-state index in [1.54, 1.807) is 6.92 Å². The lowest BCUT2D eigenvalue weighted by atomic mass is 9.98. The zero-order valence-corrected chi connectivity index (χ0v) is 12.3. The zero-order chi connectivity index (χ0) is 16.7. The highest BCUT2D eigenvalue weighted by Crippen LogP contribution is 2.12. The molecule has 0 heterocycles. The highest BCUT2D eigenvalue weighted by molar-refractivity contribution is 5.96. The molecule has 0 saturated carbocycles. The maximum absolute atomic E-state index is 13.5. The summed E-state index contributed by atoms with van der Waals surface area (Å²) in [5.41, 5.74) is -0.253. The van der Waals surface area contributed by atoms with E-state index in [4.69, 9.17) is 4.74 Å². The molecule has 6 nitrogen and oxygen atoms in total. The van der Waals surface area contributed by atoms with Crippen molar-refractivity contribution in [1.82, 2.24) is 5.32 Å². The number of amides is 1. The van der Waals surface area contributed by atoms with E-state index in [0.29, 0.717) is 0 Å². The van der Waals surface area contributed by atoms with Crippen molar-refractivity contribution in [1.29, 1.82) is 0 Å². The van der Waals surface area contributed by atoms with Gasteiger partial charge in [-0.15, -0.1) is 0 Å². The molecule has 0 radical (unpaired) electrons. The van der Waals surface area contributed by atoms with E-state index in [0.717, 1.165) is 6.07 Å². The first-order chi connectivity index (χ1) is 10.4. The van der Waals surface area contributed by atoms with Gasteiger partial charge in [-0.3, -0.25) is 9.59 Å². The molecule has 0 fully saturated rings. The minimum atomic E-state index is -1.32. The fraction of sp³-hybridized carbons (Fsp3) is 0.400. The molecule has 1 rings (SSSR count). The van der Waals surface area contributed by atoms with E-state index in [1.807, 2.05) is 0 Å². The number of halogens is 1. The summed E-state index contributed by atoms with van der Waals surface area (Å²) in [6, 6.07) is 3.92. The molecule has 0 aromatic heterocycles. The highest BCUT2D eigenvalue weighted by Gasteiger charge is 2.29. The molecule has 0 aliphatic rings. The van der Waals surface area contributed by atoms with Crippen LogP contribution in [0.3, 0.4) is 0 Å². The van der Waals surface area contributed by atoms with Crippen LogP contribution < -0.4 is 5.32 Å². The Morgan fingerprint density at radius 3 is 2.50 bits per heavy atom. The van der Waals surface area contributed by atoms with Gasteiger partial charge in [0.2, 0.25) is 0 Å². The highest BCUT2D eigenvalue weighted by atomic mass is 19.1. The van der Waals surface area contributed by atoms with Crippen LogP contribution in [0.5, 0.6) is 0 Å². The topological polar surface area (TPSA) is 92.7 Å². The molecule has 0 unspecified atom stereocenters. The van der Waals surface area contributed by atoms with Gasteiger partial charge >= 0.3 is 11.9 Å². The second-order valence-corrected chi connectivity index (χ2v) is 4.76. The Morgan fingerprint density at radius 1 is 1.32 bits per heavy atom. The molecule has 7 heteroatoms. The number of esters is 1. The summed E-state index contributed by atoms with van der Waals surface area (Å²) in [7, 11) is 0. The molecular weight excluding hydrogens is 293 g/mol. The minimum Gasteiger partial charge on any atom is -0.480 e. The SMILES string of the molecule is CCOC(=O)C[C@H](C)[C@H](NC(=O)c1ccccc1F)C(=O)O. The first-order valence-electron chi connectivity index (χ1n) is 6.80. The van der Waals surface area contributed by atoms with Gasteiger partial charge in [0.1, 0.15) is 11.9 Å². The Morgan fingerprint density at radius 2 is 1.95 bits per heavy atom. The van der Waals surface area contributed by atoms with Crippen LogP contribution in [0.25, 0.3) is 0 Å². The number of nitrogens with one attached hydrogen (secondary N) is 1. The molecule has 0 bridgehead atoms. The quantitative estimate of drug-likeness (QED) is 0.746. The van der Waals surface area contributed by atoms with Crippen LogP contribution in [-0.2, 0) is 14.3 Å². The Kier molecular flexibility index (Phi) is 6.49. The summed E-state index contributed by atoms with van der Waals surface area (Å²) in [6.45, 7) is 3.32. The van der Waals surface area contributed by atoms with Gasteiger partial charge in [0.15, 0.2) is 0 Å². The molecule has 1 amide bonds. The van der Waals surface area contributed by atoms with E-state index in [-0.39, 0.29) is 18.6 Å². The number of carboxylic acid groups (broad SMARTS) is 1. The predicted octanol–water partition coefficient (Wildman–Crippen LogP) is 1.60. The monoisotopic (exact) mass is 311 g/mol. The molecular formula is C15H18FNO5. The molecule has 0 spiro atoms. The lowest BCUT2D eigenvalue weighted by molar-refractivity contribution is -0.145. The van der Waals surface area contributed by atoms with Crippen molar-refractivity contribution in [2.24, 2.45) is 5.92 Å². The number of ether oxygens (including phenoxy) is 1. The van der Waals surface area contributed by atoms with E-state index in [2.05, 4.69) is 5.32 Å². The molecule has 22 heavy (non-hydrogen) atoms. The standard InChI is InChI=1S/C15H18FNO5/c1-3-22-12(18)8-9(2)13(15(20)21)17-14(19)10-6-4-5-7-11(10)16/h4-7,9,13H,3,8H2,1-2H3,(H,17,19)(H,20,21)/t9-,13-/m0/s1. The molecule has 1 aromatic rings. The van der Waals surface area contributed by atoms with Crippen LogP contribution in [-0.4, -0.2) is 35.6 Å². The lowest BCUT2D eigenvalue weighted by Crippen LogP contribution is -2.46. The van der Waals surface area contributed by atoms with Crippen molar-refractivity contribution in [3.05, 3.63) is 35.6 Å². The van der Waals surface area contributed by atoms with Crippen LogP contribution in [0.2, 0.25) is 0 Å². The fourth-order valence-electron chi connectivity index (χ4n) is 1.91. The summed E-state index contributed by atoms with van der Waals surface area (Å²) in [4.78, 5) is 34.6. The minimum absolute atomic E-state index is 0.164. The van der Waals surface area contributed by atoms with Crippen molar-refractivity contribution in [2.75, 3.05) is 6.61 Å². The van der Waals surface area contributed by atoms with Gasteiger partial charge in [-0.1, -0.05) is 19.1 Å². The van der Waals surface area contributed by atoms with Crippen molar-refractivity contribution in [2.45, 2.75) is 26.3 Å². The Balaban J connectivity index is 2.80. The van der Waals surface area contributed by atoms with Gasteiger partial charge in [0, 0.05) is 0 Å². The lowest BCUT2D eigenvalue weighted by Gasteiger charge is -2.20. The molecule has 0 aliphatic heterocycles. The van der Waals surface area contributed by atoms with Crippen LogP contribution in [0.4, 0.5) is 4.39 Å². The fourth-order valence-corrected chi connectivity index (χ4v) is 1.91. The molecule has 2 N–H and O–H groups in total. The number of carbonyl (C=O) groups is 3. The first-order valence-corrected chi connectivity index (χ1v) is 6.80. The first kappa shape index (κ1) is 17.6. The summed E-state index contributed by atoms with van der Waals surface area (Å²) in [5, 5.41) is 11.4. The van der Waals surface area contributed by atoms with E-state index < -0.39 is 35.6 Å². The van der Waals surface area contributed by atoms with Crippen molar-refractivity contribution >= 4 is 17.8 Å². The number of hydrogen-bond acceptors (Lipinski definition) is 4. The number of aliphatic carboxylic acids is 1. The average Bonchev–Trinajstić information content (AvgIpc) is 2.44. The Labute approximate surface area is 127 Å². The third-order valence-electron chi connectivity index (χ3n) is 3.03.